The highest BCUT2D eigenvalue weighted by molar-refractivity contribution is 6.31. The maximum absolute atomic E-state index is 13.7. The molecular formula is C14H9Cl3F2. The molecule has 0 aliphatic heterocycles. The Morgan fingerprint density at radius 2 is 1.74 bits per heavy atom. The van der Waals surface area contributed by atoms with Gasteiger partial charge < -0.3 is 0 Å². The summed E-state index contributed by atoms with van der Waals surface area (Å²) in [7, 11) is 0. The normalized spacial score (nSPS) is 12.5. The summed E-state index contributed by atoms with van der Waals surface area (Å²) in [5, 5.41) is -0.0946. The van der Waals surface area contributed by atoms with Crippen LogP contribution in [0, 0.1) is 11.6 Å². The van der Waals surface area contributed by atoms with E-state index in [1.165, 1.54) is 30.3 Å². The third-order valence-corrected chi connectivity index (χ3v) is 3.72. The van der Waals surface area contributed by atoms with Crippen LogP contribution in [-0.4, -0.2) is 0 Å². The lowest BCUT2D eigenvalue weighted by atomic mass is 10.0. The Balaban J connectivity index is 2.31. The Morgan fingerprint density at radius 1 is 1.00 bits per heavy atom. The largest absolute Gasteiger partial charge is 0.207 e. The van der Waals surface area contributed by atoms with E-state index in [1.54, 1.807) is 6.07 Å². The molecule has 0 aliphatic rings. The van der Waals surface area contributed by atoms with Gasteiger partial charge in [-0.3, -0.25) is 0 Å². The van der Waals surface area contributed by atoms with E-state index in [1.807, 2.05) is 0 Å². The highest BCUT2D eigenvalue weighted by Crippen LogP contribution is 2.32. The molecule has 0 spiro atoms. The number of alkyl halides is 1. The molecule has 5 heteroatoms. The van der Waals surface area contributed by atoms with Gasteiger partial charge in [0, 0.05) is 21.2 Å². The second-order valence-corrected chi connectivity index (χ2v) is 5.41. The molecule has 0 aromatic heterocycles. The molecule has 0 N–H and O–H groups in total. The van der Waals surface area contributed by atoms with Crippen molar-refractivity contribution in [3.8, 4) is 0 Å². The van der Waals surface area contributed by atoms with Crippen LogP contribution in [0.25, 0.3) is 0 Å². The van der Waals surface area contributed by atoms with E-state index in [-0.39, 0.29) is 22.6 Å². The fourth-order valence-electron chi connectivity index (χ4n) is 1.77. The molecule has 2 aromatic rings. The van der Waals surface area contributed by atoms with Crippen LogP contribution in [0.2, 0.25) is 10.0 Å². The number of rotatable bonds is 3. The molecule has 0 radical (unpaired) electrons. The van der Waals surface area contributed by atoms with Gasteiger partial charge >= 0.3 is 0 Å². The first-order valence-electron chi connectivity index (χ1n) is 5.51. The van der Waals surface area contributed by atoms with E-state index in [9.17, 15) is 8.78 Å². The van der Waals surface area contributed by atoms with Gasteiger partial charge in [0.05, 0.1) is 5.38 Å². The van der Waals surface area contributed by atoms with Crippen molar-refractivity contribution in [2.45, 2.75) is 11.8 Å². The quantitative estimate of drug-likeness (QED) is 0.627. The van der Waals surface area contributed by atoms with Crippen molar-refractivity contribution in [2.75, 3.05) is 0 Å². The molecule has 0 bridgehead atoms. The standard InChI is InChI=1S/C14H9Cl3F2/c15-8-4-5-14(19)9(6-8)12(17)7-10-11(16)2-1-3-13(10)18/h1-6,12H,7H2. The second kappa shape index (κ2) is 6.08. The lowest BCUT2D eigenvalue weighted by molar-refractivity contribution is 0.592. The summed E-state index contributed by atoms with van der Waals surface area (Å²) in [6.07, 6.45) is 0.0876. The van der Waals surface area contributed by atoms with Crippen LogP contribution in [0.3, 0.4) is 0 Å². The Hall–Kier alpha value is -0.830. The van der Waals surface area contributed by atoms with Crippen molar-refractivity contribution in [1.82, 2.24) is 0 Å². The van der Waals surface area contributed by atoms with Crippen LogP contribution in [0.5, 0.6) is 0 Å². The summed E-state index contributed by atoms with van der Waals surface area (Å²) in [6, 6.07) is 8.46. The topological polar surface area (TPSA) is 0 Å². The van der Waals surface area contributed by atoms with Crippen LogP contribution in [0.15, 0.2) is 36.4 Å². The molecule has 100 valence electrons. The highest BCUT2D eigenvalue weighted by Gasteiger charge is 2.18. The monoisotopic (exact) mass is 320 g/mol. The van der Waals surface area contributed by atoms with Gasteiger partial charge in [0.15, 0.2) is 0 Å². The van der Waals surface area contributed by atoms with E-state index >= 15 is 0 Å². The number of hydrogen-bond acceptors (Lipinski definition) is 0. The molecule has 0 saturated carbocycles. The molecule has 0 saturated heterocycles. The zero-order chi connectivity index (χ0) is 14.0. The summed E-state index contributed by atoms with van der Waals surface area (Å²) in [6.45, 7) is 0. The average Bonchev–Trinajstić information content (AvgIpc) is 2.37. The first-order valence-corrected chi connectivity index (χ1v) is 6.70. The van der Waals surface area contributed by atoms with Crippen LogP contribution in [0.4, 0.5) is 8.78 Å². The van der Waals surface area contributed by atoms with Gasteiger partial charge in [-0.05, 0) is 36.8 Å². The molecule has 0 aliphatic carbocycles. The van der Waals surface area contributed by atoms with Crippen molar-refractivity contribution in [3.05, 3.63) is 69.2 Å². The maximum atomic E-state index is 13.7. The van der Waals surface area contributed by atoms with E-state index < -0.39 is 17.0 Å². The fraction of sp³-hybridized carbons (Fsp3) is 0.143. The van der Waals surface area contributed by atoms with Crippen molar-refractivity contribution in [1.29, 1.82) is 0 Å². The van der Waals surface area contributed by atoms with Gasteiger partial charge in [-0.25, -0.2) is 8.78 Å². The van der Waals surface area contributed by atoms with Gasteiger partial charge in [0.1, 0.15) is 11.6 Å². The molecular weight excluding hydrogens is 313 g/mol. The lowest BCUT2D eigenvalue weighted by Crippen LogP contribution is -2.02. The molecule has 0 heterocycles. The predicted molar refractivity (Wildman–Crippen MR) is 75.1 cm³/mol. The Kier molecular flexibility index (Phi) is 4.67. The fourth-order valence-corrected chi connectivity index (χ4v) is 2.51. The van der Waals surface area contributed by atoms with E-state index in [0.29, 0.717) is 5.02 Å². The summed E-state index contributed by atoms with van der Waals surface area (Å²) in [5.74, 6) is -0.933. The molecule has 2 rings (SSSR count). The second-order valence-electron chi connectivity index (χ2n) is 4.04. The zero-order valence-corrected chi connectivity index (χ0v) is 11.9. The summed E-state index contributed by atoms with van der Waals surface area (Å²) in [4.78, 5) is 0. The third kappa shape index (κ3) is 3.38. The Labute approximate surface area is 124 Å². The molecule has 1 atom stereocenters. The van der Waals surface area contributed by atoms with Gasteiger partial charge in [0.25, 0.3) is 0 Å². The van der Waals surface area contributed by atoms with Crippen LogP contribution in [0.1, 0.15) is 16.5 Å². The maximum Gasteiger partial charge on any atom is 0.128 e. The average molecular weight is 322 g/mol. The Morgan fingerprint density at radius 3 is 2.42 bits per heavy atom. The van der Waals surface area contributed by atoms with Crippen LogP contribution in [-0.2, 0) is 6.42 Å². The first kappa shape index (κ1) is 14.6. The number of benzene rings is 2. The van der Waals surface area contributed by atoms with Gasteiger partial charge in [-0.15, -0.1) is 11.6 Å². The minimum atomic E-state index is -0.742. The lowest BCUT2D eigenvalue weighted by Gasteiger charge is -2.13. The van der Waals surface area contributed by atoms with E-state index in [4.69, 9.17) is 34.8 Å². The van der Waals surface area contributed by atoms with Gasteiger partial charge in [-0.2, -0.15) is 0 Å². The molecule has 0 nitrogen and oxygen atoms in total. The molecule has 1 unspecified atom stereocenters. The first-order chi connectivity index (χ1) is 8.99. The van der Waals surface area contributed by atoms with E-state index in [0.717, 1.165) is 0 Å². The summed E-state index contributed by atoms with van der Waals surface area (Å²) >= 11 is 17.9. The predicted octanol–water partition coefficient (Wildman–Crippen LogP) is 5.79. The highest BCUT2D eigenvalue weighted by atomic mass is 35.5. The SMILES string of the molecule is Fc1ccc(Cl)cc1C(Cl)Cc1c(F)cccc1Cl. The van der Waals surface area contributed by atoms with Crippen molar-refractivity contribution >= 4 is 34.8 Å². The third-order valence-electron chi connectivity index (χ3n) is 2.74. The summed E-state index contributed by atoms with van der Waals surface area (Å²) < 4.78 is 27.3. The zero-order valence-electron chi connectivity index (χ0n) is 9.64. The van der Waals surface area contributed by atoms with Gasteiger partial charge in [0.2, 0.25) is 0 Å². The summed E-state index contributed by atoms with van der Waals surface area (Å²) in [5.41, 5.74) is 0.497. The molecule has 0 fully saturated rings. The minimum absolute atomic E-state index is 0.0876. The Bertz CT molecular complexity index is 579. The van der Waals surface area contributed by atoms with Crippen molar-refractivity contribution < 1.29 is 8.78 Å². The molecule has 2 aromatic carbocycles. The number of hydrogen-bond donors (Lipinski definition) is 0. The molecule has 19 heavy (non-hydrogen) atoms. The smallest absolute Gasteiger partial charge is 0.128 e. The van der Waals surface area contributed by atoms with Crippen molar-refractivity contribution in [3.63, 3.8) is 0 Å². The minimum Gasteiger partial charge on any atom is -0.207 e. The van der Waals surface area contributed by atoms with Gasteiger partial charge in [-0.1, -0.05) is 29.3 Å². The molecule has 0 amide bonds. The van der Waals surface area contributed by atoms with Crippen molar-refractivity contribution in [2.24, 2.45) is 0 Å². The number of halogens is 5. The van der Waals surface area contributed by atoms with E-state index in [2.05, 4.69) is 0 Å². The van der Waals surface area contributed by atoms with Crippen LogP contribution >= 0.6 is 34.8 Å². The van der Waals surface area contributed by atoms with Crippen LogP contribution < -0.4 is 0 Å².